The summed E-state index contributed by atoms with van der Waals surface area (Å²) in [5.74, 6) is -4.33. The highest BCUT2D eigenvalue weighted by atomic mass is 19.2. The molecule has 7 heteroatoms. The first-order chi connectivity index (χ1) is 15.4. The van der Waals surface area contributed by atoms with Crippen LogP contribution in [-0.2, 0) is 16.0 Å². The number of nitrogens with one attached hydrogen (secondary N) is 1. The van der Waals surface area contributed by atoms with E-state index < -0.39 is 29.6 Å². The van der Waals surface area contributed by atoms with E-state index in [0.29, 0.717) is 5.56 Å². The smallest absolute Gasteiger partial charge is 0.407 e. The lowest BCUT2D eigenvalue weighted by Gasteiger charge is -2.16. The molecule has 1 atom stereocenters. The van der Waals surface area contributed by atoms with Crippen LogP contribution in [0.5, 0.6) is 0 Å². The second-order valence-electron chi connectivity index (χ2n) is 7.69. The van der Waals surface area contributed by atoms with E-state index in [2.05, 4.69) is 5.32 Å². The number of amides is 1. The molecular formula is C25H21F2NO4. The van der Waals surface area contributed by atoms with Crippen LogP contribution in [0.1, 0.15) is 22.6 Å². The zero-order chi connectivity index (χ0) is 22.7. The Balaban J connectivity index is 1.36. The quantitative estimate of drug-likeness (QED) is 0.560. The zero-order valence-electron chi connectivity index (χ0n) is 17.1. The highest BCUT2D eigenvalue weighted by Crippen LogP contribution is 2.44. The second kappa shape index (κ2) is 9.18. The molecule has 0 aromatic heterocycles. The predicted octanol–water partition coefficient (Wildman–Crippen LogP) is 4.75. The van der Waals surface area contributed by atoms with Gasteiger partial charge in [-0.05, 0) is 46.4 Å². The highest BCUT2D eigenvalue weighted by Gasteiger charge is 2.29. The monoisotopic (exact) mass is 437 g/mol. The third-order valence-corrected chi connectivity index (χ3v) is 5.65. The summed E-state index contributed by atoms with van der Waals surface area (Å²) in [6, 6.07) is 19.1. The summed E-state index contributed by atoms with van der Waals surface area (Å²) in [4.78, 5) is 23.8. The van der Waals surface area contributed by atoms with Crippen LogP contribution in [0.2, 0.25) is 0 Å². The van der Waals surface area contributed by atoms with Crippen molar-refractivity contribution in [2.24, 2.45) is 5.92 Å². The summed E-state index contributed by atoms with van der Waals surface area (Å²) in [5, 5.41) is 11.9. The Hall–Kier alpha value is -3.74. The summed E-state index contributed by atoms with van der Waals surface area (Å²) in [7, 11) is 0. The van der Waals surface area contributed by atoms with Crippen LogP contribution in [0.3, 0.4) is 0 Å². The number of aliphatic carboxylic acids is 1. The van der Waals surface area contributed by atoms with Crippen molar-refractivity contribution < 1.29 is 28.2 Å². The number of halogens is 2. The second-order valence-corrected chi connectivity index (χ2v) is 7.69. The fourth-order valence-electron chi connectivity index (χ4n) is 4.05. The van der Waals surface area contributed by atoms with Crippen LogP contribution in [0.4, 0.5) is 13.6 Å². The Labute approximate surface area is 183 Å². The van der Waals surface area contributed by atoms with Crippen LogP contribution in [0.15, 0.2) is 66.7 Å². The number of rotatable bonds is 7. The average Bonchev–Trinajstić information content (AvgIpc) is 3.11. The van der Waals surface area contributed by atoms with Gasteiger partial charge in [0.15, 0.2) is 11.6 Å². The molecule has 0 heterocycles. The number of fused-ring (bicyclic) bond motifs is 3. The Morgan fingerprint density at radius 3 is 2.16 bits per heavy atom. The summed E-state index contributed by atoms with van der Waals surface area (Å²) in [5.41, 5.74) is 4.68. The molecule has 5 nitrogen and oxygen atoms in total. The number of ether oxygens (including phenoxy) is 1. The third-order valence-electron chi connectivity index (χ3n) is 5.65. The fourth-order valence-corrected chi connectivity index (χ4v) is 4.05. The van der Waals surface area contributed by atoms with Gasteiger partial charge in [0.1, 0.15) is 6.61 Å². The van der Waals surface area contributed by atoms with Crippen molar-refractivity contribution in [1.82, 2.24) is 5.32 Å². The molecule has 0 fully saturated rings. The standard InChI is InChI=1S/C25H21F2NO4/c26-22-10-9-15(12-23(22)27)11-16(24(29)30)13-28-25(31)32-14-21-19-7-3-1-5-17(19)18-6-2-4-8-20(18)21/h1-10,12,16,21H,11,13-14H2,(H,28,31)(H,29,30)/t16-/m1/s1. The molecule has 1 aliphatic carbocycles. The maximum absolute atomic E-state index is 13.4. The van der Waals surface area contributed by atoms with E-state index in [1.54, 1.807) is 0 Å². The topological polar surface area (TPSA) is 75.6 Å². The van der Waals surface area contributed by atoms with E-state index in [4.69, 9.17) is 4.74 Å². The molecule has 0 unspecified atom stereocenters. The molecule has 0 radical (unpaired) electrons. The van der Waals surface area contributed by atoms with Crippen LogP contribution >= 0.6 is 0 Å². The molecule has 1 amide bonds. The molecule has 2 N–H and O–H groups in total. The zero-order valence-corrected chi connectivity index (χ0v) is 17.1. The number of hydrogen-bond acceptors (Lipinski definition) is 3. The van der Waals surface area contributed by atoms with E-state index >= 15 is 0 Å². The van der Waals surface area contributed by atoms with Crippen molar-refractivity contribution in [3.63, 3.8) is 0 Å². The lowest BCUT2D eigenvalue weighted by Crippen LogP contribution is -2.35. The lowest BCUT2D eigenvalue weighted by molar-refractivity contribution is -0.141. The number of carboxylic acid groups (broad SMARTS) is 1. The number of carbonyl (C=O) groups excluding carboxylic acids is 1. The van der Waals surface area contributed by atoms with Gasteiger partial charge in [-0.3, -0.25) is 4.79 Å². The van der Waals surface area contributed by atoms with Gasteiger partial charge in [-0.2, -0.15) is 0 Å². The third kappa shape index (κ3) is 4.46. The summed E-state index contributed by atoms with van der Waals surface area (Å²) >= 11 is 0. The average molecular weight is 437 g/mol. The Bertz CT molecular complexity index is 1120. The number of hydrogen-bond donors (Lipinski definition) is 2. The first-order valence-electron chi connectivity index (χ1n) is 10.2. The molecule has 0 spiro atoms. The Morgan fingerprint density at radius 1 is 0.938 bits per heavy atom. The Kier molecular flexibility index (Phi) is 6.16. The van der Waals surface area contributed by atoms with Gasteiger partial charge in [-0.1, -0.05) is 54.6 Å². The molecule has 32 heavy (non-hydrogen) atoms. The van der Waals surface area contributed by atoms with E-state index in [1.807, 2.05) is 48.5 Å². The number of carboxylic acids is 1. The molecule has 0 bridgehead atoms. The minimum absolute atomic E-state index is 0.0593. The number of alkyl carbamates (subject to hydrolysis) is 1. The molecule has 0 saturated carbocycles. The van der Waals surface area contributed by atoms with Crippen molar-refractivity contribution in [2.75, 3.05) is 13.2 Å². The normalized spacial score (nSPS) is 13.2. The van der Waals surface area contributed by atoms with Gasteiger partial charge in [0, 0.05) is 12.5 Å². The van der Waals surface area contributed by atoms with Gasteiger partial charge in [0.2, 0.25) is 0 Å². The molecule has 3 aromatic carbocycles. The lowest BCUT2D eigenvalue weighted by atomic mass is 9.98. The van der Waals surface area contributed by atoms with E-state index in [9.17, 15) is 23.5 Å². The molecule has 1 aliphatic rings. The van der Waals surface area contributed by atoms with Gasteiger partial charge in [0.05, 0.1) is 5.92 Å². The molecule has 0 aliphatic heterocycles. The summed E-state index contributed by atoms with van der Waals surface area (Å²) in [6.45, 7) is -0.0915. The largest absolute Gasteiger partial charge is 0.481 e. The molecular weight excluding hydrogens is 416 g/mol. The summed E-state index contributed by atoms with van der Waals surface area (Å²) < 4.78 is 31.9. The van der Waals surface area contributed by atoms with E-state index in [1.165, 1.54) is 6.07 Å². The molecule has 4 rings (SSSR count). The van der Waals surface area contributed by atoms with E-state index in [0.717, 1.165) is 34.4 Å². The van der Waals surface area contributed by atoms with Crippen LogP contribution in [-0.4, -0.2) is 30.3 Å². The number of benzene rings is 3. The van der Waals surface area contributed by atoms with Crippen LogP contribution in [0, 0.1) is 17.6 Å². The number of carbonyl (C=O) groups is 2. The van der Waals surface area contributed by atoms with Gasteiger partial charge in [-0.25, -0.2) is 13.6 Å². The van der Waals surface area contributed by atoms with Crippen LogP contribution in [0.25, 0.3) is 11.1 Å². The Morgan fingerprint density at radius 2 is 1.56 bits per heavy atom. The molecule has 164 valence electrons. The summed E-state index contributed by atoms with van der Waals surface area (Å²) in [6.07, 6.45) is -0.792. The van der Waals surface area contributed by atoms with Gasteiger partial charge < -0.3 is 15.2 Å². The van der Waals surface area contributed by atoms with E-state index in [-0.39, 0.29) is 25.5 Å². The van der Waals surface area contributed by atoms with Crippen molar-refractivity contribution in [1.29, 1.82) is 0 Å². The minimum atomic E-state index is -1.16. The van der Waals surface area contributed by atoms with Gasteiger partial charge >= 0.3 is 12.1 Å². The molecule has 3 aromatic rings. The van der Waals surface area contributed by atoms with Crippen molar-refractivity contribution in [3.8, 4) is 11.1 Å². The van der Waals surface area contributed by atoms with Crippen molar-refractivity contribution in [3.05, 3.63) is 95.1 Å². The minimum Gasteiger partial charge on any atom is -0.481 e. The maximum atomic E-state index is 13.4. The van der Waals surface area contributed by atoms with Gasteiger partial charge in [0.25, 0.3) is 0 Å². The SMILES string of the molecule is O=C(NC[C@@H](Cc1ccc(F)c(F)c1)C(=O)O)OCC1c2ccccc2-c2ccccc21. The van der Waals surface area contributed by atoms with Crippen molar-refractivity contribution in [2.45, 2.75) is 12.3 Å². The van der Waals surface area contributed by atoms with Crippen LogP contribution < -0.4 is 5.32 Å². The van der Waals surface area contributed by atoms with Crippen molar-refractivity contribution >= 4 is 12.1 Å². The predicted molar refractivity (Wildman–Crippen MR) is 114 cm³/mol. The maximum Gasteiger partial charge on any atom is 0.407 e. The van der Waals surface area contributed by atoms with Gasteiger partial charge in [-0.15, -0.1) is 0 Å². The highest BCUT2D eigenvalue weighted by molar-refractivity contribution is 5.79. The first kappa shape index (κ1) is 21.5. The first-order valence-corrected chi connectivity index (χ1v) is 10.2. The molecule has 0 saturated heterocycles. The fraction of sp³-hybridized carbons (Fsp3) is 0.200.